The van der Waals surface area contributed by atoms with E-state index in [1.54, 1.807) is 74.8 Å². The Balaban J connectivity index is 1.32. The maximum absolute atomic E-state index is 13.8. The van der Waals surface area contributed by atoms with E-state index in [0.29, 0.717) is 47.5 Å². The zero-order valence-corrected chi connectivity index (χ0v) is 27.1. The van der Waals surface area contributed by atoms with Gasteiger partial charge in [-0.05, 0) is 84.1 Å². The van der Waals surface area contributed by atoms with Gasteiger partial charge in [0, 0.05) is 38.2 Å². The number of aryl methyl sites for hydroxylation is 1. The largest absolute Gasteiger partial charge is 0.495 e. The summed E-state index contributed by atoms with van der Waals surface area (Å²) in [4.78, 5) is 29.1. The predicted octanol–water partition coefficient (Wildman–Crippen LogP) is 5.95. The monoisotopic (exact) mass is 626 g/mol. The number of ether oxygens (including phenoxy) is 2. The smallest absolute Gasteiger partial charge is 0.254 e. The van der Waals surface area contributed by atoms with Crippen LogP contribution in [0.5, 0.6) is 11.5 Å². The molecule has 4 aromatic rings. The van der Waals surface area contributed by atoms with Gasteiger partial charge in [-0.2, -0.15) is 0 Å². The first-order valence-corrected chi connectivity index (χ1v) is 16.5. The second-order valence-electron chi connectivity index (χ2n) is 11.6. The van der Waals surface area contributed by atoms with Crippen LogP contribution in [0.4, 0.5) is 0 Å². The molecule has 2 amide bonds. The third-order valence-corrected chi connectivity index (χ3v) is 9.88. The van der Waals surface area contributed by atoms with E-state index in [-0.39, 0.29) is 34.3 Å². The number of carbonyl (C=O) groups excluding carboxylic acids is 2. The molecule has 4 aromatic carbocycles. The van der Waals surface area contributed by atoms with E-state index in [1.165, 1.54) is 12.0 Å². The summed E-state index contributed by atoms with van der Waals surface area (Å²) >= 11 is 0. The van der Waals surface area contributed by atoms with Gasteiger partial charge in [0.15, 0.2) is 9.84 Å². The third kappa shape index (κ3) is 7.04. The second-order valence-corrected chi connectivity index (χ2v) is 13.5. The van der Waals surface area contributed by atoms with E-state index < -0.39 is 9.84 Å². The van der Waals surface area contributed by atoms with Gasteiger partial charge >= 0.3 is 0 Å². The Labute approximate surface area is 265 Å². The van der Waals surface area contributed by atoms with Crippen molar-refractivity contribution < 1.29 is 27.5 Å². The summed E-state index contributed by atoms with van der Waals surface area (Å²) in [7, 11) is 0.971. The molecule has 9 heteroatoms. The van der Waals surface area contributed by atoms with Crippen LogP contribution in [0.1, 0.15) is 43.8 Å². The molecule has 1 heterocycles. The van der Waals surface area contributed by atoms with Crippen molar-refractivity contribution in [2.24, 2.45) is 0 Å². The number of benzene rings is 4. The van der Waals surface area contributed by atoms with Gasteiger partial charge in [-0.3, -0.25) is 9.59 Å². The molecular weight excluding hydrogens is 588 g/mol. The molecule has 1 aliphatic rings. The molecule has 0 unspecified atom stereocenters. The van der Waals surface area contributed by atoms with Crippen molar-refractivity contribution in [2.45, 2.75) is 37.0 Å². The van der Waals surface area contributed by atoms with Gasteiger partial charge in [-0.15, -0.1) is 0 Å². The fourth-order valence-corrected chi connectivity index (χ4v) is 7.09. The van der Waals surface area contributed by atoms with Crippen LogP contribution >= 0.6 is 0 Å². The maximum Gasteiger partial charge on any atom is 0.254 e. The van der Waals surface area contributed by atoms with Crippen molar-refractivity contribution in [3.8, 4) is 22.6 Å². The molecular formula is C36H38N2O6S. The van der Waals surface area contributed by atoms with Gasteiger partial charge in [-0.1, -0.05) is 42.5 Å². The molecule has 1 fully saturated rings. The van der Waals surface area contributed by atoms with Crippen molar-refractivity contribution in [1.29, 1.82) is 0 Å². The van der Waals surface area contributed by atoms with Crippen molar-refractivity contribution in [1.82, 2.24) is 9.80 Å². The molecule has 0 saturated carbocycles. The zero-order valence-electron chi connectivity index (χ0n) is 26.2. The number of nitrogens with zero attached hydrogens (tertiary/aromatic N) is 2. The summed E-state index contributed by atoms with van der Waals surface area (Å²) < 4.78 is 39.2. The molecule has 234 valence electrons. The molecule has 0 radical (unpaired) electrons. The Morgan fingerprint density at radius 1 is 0.911 bits per heavy atom. The minimum atomic E-state index is -3.84. The summed E-state index contributed by atoms with van der Waals surface area (Å²) in [6.07, 6.45) is 0.489. The minimum absolute atomic E-state index is 0.00523. The lowest BCUT2D eigenvalue weighted by molar-refractivity contribution is 0.0770. The van der Waals surface area contributed by atoms with Crippen molar-refractivity contribution >= 4 is 21.7 Å². The van der Waals surface area contributed by atoms with E-state index in [4.69, 9.17) is 9.47 Å². The molecule has 0 bridgehead atoms. The average Bonchev–Trinajstić information content (AvgIpc) is 3.49. The van der Waals surface area contributed by atoms with Crippen molar-refractivity contribution in [3.05, 3.63) is 113 Å². The topological polar surface area (TPSA) is 93.2 Å². The summed E-state index contributed by atoms with van der Waals surface area (Å²) in [5, 5.41) is 0. The normalized spacial score (nSPS) is 14.7. The van der Waals surface area contributed by atoms with Crippen LogP contribution in [0.3, 0.4) is 0 Å². The van der Waals surface area contributed by atoms with Crippen molar-refractivity contribution in [2.75, 3.05) is 34.3 Å². The van der Waals surface area contributed by atoms with Crippen LogP contribution in [-0.2, 0) is 15.6 Å². The standard InChI is InChI=1S/C36H38N2O6S/c1-24-9-6-14-32(25(24)2)36(40)38-18-17-31(22-38)44-30-13-7-10-26(19-30)23-45(41,42)34-21-28(15-16-33(34)43-5)27-11-8-12-29(20-27)35(39)37(3)4/h6-16,19-21,31H,17-18,22-23H2,1-5H3/t31-/m0/s1. The molecule has 0 aromatic heterocycles. The molecule has 1 atom stereocenters. The summed E-state index contributed by atoms with van der Waals surface area (Å²) in [6, 6.07) is 24.9. The number of carbonyl (C=O) groups is 2. The van der Waals surface area contributed by atoms with Gasteiger partial charge in [0.2, 0.25) is 0 Å². The Bertz CT molecular complexity index is 1850. The van der Waals surface area contributed by atoms with Gasteiger partial charge in [-0.25, -0.2) is 8.42 Å². The first kappa shape index (κ1) is 31.8. The average molecular weight is 627 g/mol. The number of hydrogen-bond acceptors (Lipinski definition) is 6. The molecule has 0 spiro atoms. The lowest BCUT2D eigenvalue weighted by Crippen LogP contribution is -2.31. The lowest BCUT2D eigenvalue weighted by atomic mass is 10.0. The van der Waals surface area contributed by atoms with Gasteiger partial charge in [0.05, 0.1) is 19.4 Å². The number of rotatable bonds is 9. The number of amides is 2. The third-order valence-electron chi connectivity index (χ3n) is 8.17. The van der Waals surface area contributed by atoms with Crippen LogP contribution in [0.25, 0.3) is 11.1 Å². The highest BCUT2D eigenvalue weighted by Crippen LogP contribution is 2.33. The highest BCUT2D eigenvalue weighted by Gasteiger charge is 2.29. The number of methoxy groups -OCH3 is 1. The summed E-state index contributed by atoms with van der Waals surface area (Å²) in [5.41, 5.74) is 5.22. The molecule has 1 aliphatic heterocycles. The van der Waals surface area contributed by atoms with E-state index in [1.807, 2.05) is 43.0 Å². The maximum atomic E-state index is 13.8. The Morgan fingerprint density at radius 3 is 2.40 bits per heavy atom. The molecule has 0 aliphatic carbocycles. The fraction of sp³-hybridized carbons (Fsp3) is 0.278. The lowest BCUT2D eigenvalue weighted by Gasteiger charge is -2.19. The fourth-order valence-electron chi connectivity index (χ4n) is 5.55. The van der Waals surface area contributed by atoms with E-state index in [9.17, 15) is 18.0 Å². The van der Waals surface area contributed by atoms with E-state index in [0.717, 1.165) is 16.7 Å². The summed E-state index contributed by atoms with van der Waals surface area (Å²) in [6.45, 7) is 5.01. The molecule has 1 saturated heterocycles. The zero-order chi connectivity index (χ0) is 32.3. The highest BCUT2D eigenvalue weighted by molar-refractivity contribution is 7.90. The second kappa shape index (κ2) is 13.2. The predicted molar refractivity (Wildman–Crippen MR) is 175 cm³/mol. The number of likely N-dealkylation sites (tertiary alicyclic amines) is 1. The highest BCUT2D eigenvalue weighted by atomic mass is 32.2. The van der Waals surface area contributed by atoms with Crippen LogP contribution in [-0.4, -0.2) is 70.4 Å². The molecule has 45 heavy (non-hydrogen) atoms. The van der Waals surface area contributed by atoms with Gasteiger partial charge < -0.3 is 19.3 Å². The summed E-state index contributed by atoms with van der Waals surface area (Å²) in [5.74, 6) is 0.390. The first-order valence-electron chi connectivity index (χ1n) is 14.8. The Hall–Kier alpha value is -4.63. The molecule has 0 N–H and O–H groups in total. The van der Waals surface area contributed by atoms with Crippen LogP contribution in [0.2, 0.25) is 0 Å². The van der Waals surface area contributed by atoms with Crippen LogP contribution in [0, 0.1) is 13.8 Å². The van der Waals surface area contributed by atoms with Crippen LogP contribution < -0.4 is 9.47 Å². The first-order chi connectivity index (χ1) is 21.5. The Morgan fingerprint density at radius 2 is 1.64 bits per heavy atom. The quantitative estimate of drug-likeness (QED) is 0.228. The van der Waals surface area contributed by atoms with Gasteiger partial charge in [0.1, 0.15) is 22.5 Å². The minimum Gasteiger partial charge on any atom is -0.495 e. The van der Waals surface area contributed by atoms with Crippen molar-refractivity contribution in [3.63, 3.8) is 0 Å². The molecule has 8 nitrogen and oxygen atoms in total. The van der Waals surface area contributed by atoms with E-state index >= 15 is 0 Å². The van der Waals surface area contributed by atoms with Crippen LogP contribution in [0.15, 0.2) is 89.8 Å². The SMILES string of the molecule is COc1ccc(-c2cccc(C(=O)N(C)C)c2)cc1S(=O)(=O)Cc1cccc(O[C@H]2CCN(C(=O)c3cccc(C)c3C)C2)c1. The Kier molecular flexibility index (Phi) is 9.29. The number of hydrogen-bond donors (Lipinski definition) is 0. The van der Waals surface area contributed by atoms with E-state index in [2.05, 4.69) is 0 Å². The number of sulfone groups is 1. The molecule has 5 rings (SSSR count). The van der Waals surface area contributed by atoms with Gasteiger partial charge in [0.25, 0.3) is 11.8 Å².